The Balaban J connectivity index is 1.84. The second-order valence-electron chi connectivity index (χ2n) is 6.66. The Hall–Kier alpha value is -1.57. The van der Waals surface area contributed by atoms with Crippen LogP contribution in [0.25, 0.3) is 0 Å². The van der Waals surface area contributed by atoms with Crippen molar-refractivity contribution in [3.05, 3.63) is 23.5 Å². The van der Waals surface area contributed by atoms with Gasteiger partial charge in [-0.2, -0.15) is 0 Å². The number of carboxylic acids is 1. The molecular weight excluding hydrogens is 368 g/mol. The van der Waals surface area contributed by atoms with Crippen molar-refractivity contribution in [2.24, 2.45) is 11.8 Å². The summed E-state index contributed by atoms with van der Waals surface area (Å²) in [6, 6.07) is 0. The van der Waals surface area contributed by atoms with Crippen molar-refractivity contribution in [2.45, 2.75) is 43.1 Å². The molecule has 7 N–H and O–H groups in total. The van der Waals surface area contributed by atoms with E-state index in [-0.39, 0.29) is 11.1 Å². The van der Waals surface area contributed by atoms with Crippen LogP contribution < -0.4 is 0 Å². The molecule has 2 heterocycles. The first-order valence-electron chi connectivity index (χ1n) is 8.34. The second-order valence-corrected chi connectivity index (χ2v) is 6.66. The Morgan fingerprint density at radius 3 is 2.33 bits per heavy atom. The topological polar surface area (TPSA) is 186 Å². The van der Waals surface area contributed by atoms with Gasteiger partial charge in [-0.1, -0.05) is 6.08 Å². The molecule has 3 rings (SSSR count). The van der Waals surface area contributed by atoms with Crippen LogP contribution in [0.3, 0.4) is 0 Å². The lowest BCUT2D eigenvalue weighted by Gasteiger charge is -2.43. The van der Waals surface area contributed by atoms with Gasteiger partial charge in [0, 0.05) is 5.92 Å². The van der Waals surface area contributed by atoms with E-state index in [0.29, 0.717) is 0 Å². The van der Waals surface area contributed by atoms with E-state index >= 15 is 0 Å². The number of carbonyl (C=O) groups is 1. The molecule has 11 nitrogen and oxygen atoms in total. The summed E-state index contributed by atoms with van der Waals surface area (Å²) in [7, 11) is 0. The van der Waals surface area contributed by atoms with Gasteiger partial charge in [-0.3, -0.25) is 0 Å². The van der Waals surface area contributed by atoms with Gasteiger partial charge >= 0.3 is 5.97 Å². The average molecular weight is 390 g/mol. The molecule has 1 aliphatic carbocycles. The largest absolute Gasteiger partial charge is 0.478 e. The standard InChI is InChI=1S/C16H22O11/c17-2-5-1-7(19)10-6(14(23)24)4-25-15(9(5)10)27-16-13(22)12(21)11(20)8(3-18)26-16/h1,4,7-13,15-22H,2-3H2,(H,23,24)/t7-,8-,9-,10+,11-,12+,13-,15+,16+/m1/s1. The highest BCUT2D eigenvalue weighted by atomic mass is 16.8. The molecule has 0 aromatic rings. The van der Waals surface area contributed by atoms with Gasteiger partial charge in [0.25, 0.3) is 0 Å². The van der Waals surface area contributed by atoms with E-state index in [1.54, 1.807) is 0 Å². The van der Waals surface area contributed by atoms with Crippen LogP contribution in [0.5, 0.6) is 0 Å². The molecule has 9 atom stereocenters. The van der Waals surface area contributed by atoms with Gasteiger partial charge in [0.2, 0.25) is 6.29 Å². The Morgan fingerprint density at radius 1 is 1.04 bits per heavy atom. The Morgan fingerprint density at radius 2 is 1.74 bits per heavy atom. The lowest BCUT2D eigenvalue weighted by atomic mass is 9.82. The average Bonchev–Trinajstić information content (AvgIpc) is 2.99. The van der Waals surface area contributed by atoms with E-state index < -0.39 is 74.1 Å². The smallest absolute Gasteiger partial charge is 0.335 e. The quantitative estimate of drug-likeness (QED) is 0.233. The van der Waals surface area contributed by atoms with E-state index in [2.05, 4.69) is 0 Å². The van der Waals surface area contributed by atoms with Crippen molar-refractivity contribution in [2.75, 3.05) is 13.2 Å². The second kappa shape index (κ2) is 7.81. The molecule has 0 spiro atoms. The number of hydrogen-bond acceptors (Lipinski definition) is 10. The SMILES string of the molecule is O=C(O)C1=CO[C@@H](O[C@@H]2O[C@H](CO)[C@@H](O)[C@H](O)[C@H]2O)[C@@H]2C(CO)=C[C@@H](O)[C@H]12. The number of ether oxygens (including phenoxy) is 3. The molecule has 0 saturated carbocycles. The van der Waals surface area contributed by atoms with E-state index in [9.17, 15) is 40.5 Å². The summed E-state index contributed by atoms with van der Waals surface area (Å²) < 4.78 is 16.1. The molecular formula is C16H22O11. The minimum absolute atomic E-state index is 0.208. The van der Waals surface area contributed by atoms with Crippen molar-refractivity contribution in [3.63, 3.8) is 0 Å². The van der Waals surface area contributed by atoms with E-state index in [1.807, 2.05) is 0 Å². The fraction of sp³-hybridized carbons (Fsp3) is 0.688. The van der Waals surface area contributed by atoms with Gasteiger partial charge in [0.1, 0.15) is 24.4 Å². The first-order valence-corrected chi connectivity index (χ1v) is 8.34. The minimum Gasteiger partial charge on any atom is -0.478 e. The summed E-state index contributed by atoms with van der Waals surface area (Å²) in [5.41, 5.74) is 0.0785. The van der Waals surface area contributed by atoms with Gasteiger partial charge in [0.05, 0.1) is 37.1 Å². The van der Waals surface area contributed by atoms with Gasteiger partial charge in [-0.15, -0.1) is 0 Å². The molecule has 0 aromatic carbocycles. The zero-order chi connectivity index (χ0) is 19.9. The molecule has 0 radical (unpaired) electrons. The highest BCUT2D eigenvalue weighted by molar-refractivity contribution is 5.87. The number of hydrogen-bond donors (Lipinski definition) is 7. The minimum atomic E-state index is -1.68. The van der Waals surface area contributed by atoms with Crippen LogP contribution in [0, 0.1) is 11.8 Å². The first-order chi connectivity index (χ1) is 12.8. The lowest BCUT2D eigenvalue weighted by molar-refractivity contribution is -0.340. The molecule has 0 bridgehead atoms. The van der Waals surface area contributed by atoms with Crippen molar-refractivity contribution < 1.29 is 54.8 Å². The zero-order valence-corrected chi connectivity index (χ0v) is 14.0. The predicted octanol–water partition coefficient (Wildman–Crippen LogP) is -3.35. The molecule has 3 aliphatic rings. The Bertz CT molecular complexity index is 630. The molecule has 1 saturated heterocycles. The summed E-state index contributed by atoms with van der Waals surface area (Å²) in [5, 5.41) is 68.0. The third-order valence-corrected chi connectivity index (χ3v) is 5.10. The van der Waals surface area contributed by atoms with Crippen LogP contribution in [-0.2, 0) is 19.0 Å². The van der Waals surface area contributed by atoms with E-state index in [4.69, 9.17) is 14.2 Å². The molecule has 27 heavy (non-hydrogen) atoms. The third-order valence-electron chi connectivity index (χ3n) is 5.10. The zero-order valence-electron chi connectivity index (χ0n) is 14.0. The maximum Gasteiger partial charge on any atom is 0.335 e. The maximum atomic E-state index is 11.4. The molecule has 11 heteroatoms. The monoisotopic (exact) mass is 390 g/mol. The summed E-state index contributed by atoms with van der Waals surface area (Å²) in [5.74, 6) is -3.13. The lowest BCUT2D eigenvalue weighted by Crippen LogP contribution is -2.60. The fourth-order valence-corrected chi connectivity index (χ4v) is 3.68. The maximum absolute atomic E-state index is 11.4. The first kappa shape index (κ1) is 20.2. The fourth-order valence-electron chi connectivity index (χ4n) is 3.68. The number of aliphatic hydroxyl groups is 6. The highest BCUT2D eigenvalue weighted by Crippen LogP contribution is 2.44. The van der Waals surface area contributed by atoms with Crippen LogP contribution in [0.4, 0.5) is 0 Å². The number of aliphatic hydroxyl groups excluding tert-OH is 6. The van der Waals surface area contributed by atoms with Gasteiger partial charge in [-0.25, -0.2) is 4.79 Å². The Labute approximate surface area is 153 Å². The molecule has 0 aromatic heterocycles. The summed E-state index contributed by atoms with van der Waals surface area (Å²) >= 11 is 0. The van der Waals surface area contributed by atoms with Gasteiger partial charge in [0.15, 0.2) is 6.29 Å². The van der Waals surface area contributed by atoms with E-state index in [1.165, 1.54) is 6.08 Å². The van der Waals surface area contributed by atoms with Crippen LogP contribution in [0.2, 0.25) is 0 Å². The molecule has 0 amide bonds. The molecule has 2 aliphatic heterocycles. The number of aliphatic carboxylic acids is 1. The van der Waals surface area contributed by atoms with Crippen molar-refractivity contribution in [1.82, 2.24) is 0 Å². The molecule has 152 valence electrons. The highest BCUT2D eigenvalue weighted by Gasteiger charge is 2.51. The van der Waals surface area contributed by atoms with Crippen LogP contribution in [0.1, 0.15) is 0 Å². The van der Waals surface area contributed by atoms with Crippen molar-refractivity contribution >= 4 is 5.97 Å². The normalized spacial score (nSPS) is 44.1. The molecule has 0 unspecified atom stereocenters. The van der Waals surface area contributed by atoms with Crippen molar-refractivity contribution in [3.8, 4) is 0 Å². The van der Waals surface area contributed by atoms with Crippen molar-refractivity contribution in [1.29, 1.82) is 0 Å². The van der Waals surface area contributed by atoms with Crippen LogP contribution in [-0.4, -0.2) is 98.0 Å². The number of rotatable bonds is 5. The third kappa shape index (κ3) is 3.48. The van der Waals surface area contributed by atoms with E-state index in [0.717, 1.165) is 6.26 Å². The predicted molar refractivity (Wildman–Crippen MR) is 83.6 cm³/mol. The number of fused-ring (bicyclic) bond motifs is 1. The van der Waals surface area contributed by atoms with Crippen LogP contribution in [0.15, 0.2) is 23.5 Å². The summed E-state index contributed by atoms with van der Waals surface area (Å²) in [6.07, 6.45) is -7.83. The number of carboxylic acid groups (broad SMARTS) is 1. The summed E-state index contributed by atoms with van der Waals surface area (Å²) in [4.78, 5) is 11.4. The van der Waals surface area contributed by atoms with Crippen LogP contribution >= 0.6 is 0 Å². The molecule has 1 fully saturated rings. The van der Waals surface area contributed by atoms with Gasteiger partial charge in [-0.05, 0) is 5.57 Å². The Kier molecular flexibility index (Phi) is 5.84. The summed E-state index contributed by atoms with van der Waals surface area (Å²) in [6.45, 7) is -1.13. The van der Waals surface area contributed by atoms with Gasteiger partial charge < -0.3 is 50.0 Å².